The van der Waals surface area contributed by atoms with Gasteiger partial charge in [0.05, 0.1) is 6.61 Å². The van der Waals surface area contributed by atoms with Crippen molar-refractivity contribution >= 4 is 23.2 Å². The summed E-state index contributed by atoms with van der Waals surface area (Å²) >= 11 is 0. The van der Waals surface area contributed by atoms with Gasteiger partial charge in [-0.2, -0.15) is 0 Å². The van der Waals surface area contributed by atoms with Gasteiger partial charge in [0.1, 0.15) is 6.54 Å². The van der Waals surface area contributed by atoms with Crippen molar-refractivity contribution < 1.29 is 49.0 Å². The Morgan fingerprint density at radius 1 is 1.25 bits per heavy atom. The van der Waals surface area contributed by atoms with Crippen LogP contribution in [0.2, 0.25) is 0 Å². The number of para-hydroxylation sites is 1. The summed E-state index contributed by atoms with van der Waals surface area (Å²) in [7, 11) is 0. The SMILES string of the molecule is CCCCOC(=O)C1=C(c2ccccc2NCC(=O)O)CCC1.[Na+]. The molecular formula is C18H23NNaO4+. The molecule has 2 rings (SSSR count). The van der Waals surface area contributed by atoms with E-state index in [-0.39, 0.29) is 42.1 Å². The number of carbonyl (C=O) groups excluding carboxylic acids is 1. The minimum absolute atomic E-state index is 0. The fraction of sp³-hybridized carbons (Fsp3) is 0.444. The van der Waals surface area contributed by atoms with Crippen LogP contribution in [0.15, 0.2) is 29.8 Å². The monoisotopic (exact) mass is 340 g/mol. The quantitative estimate of drug-likeness (QED) is 0.409. The summed E-state index contributed by atoms with van der Waals surface area (Å²) in [4.78, 5) is 23.1. The molecule has 0 atom stereocenters. The van der Waals surface area contributed by atoms with Crippen molar-refractivity contribution in [2.24, 2.45) is 0 Å². The molecule has 0 heterocycles. The van der Waals surface area contributed by atoms with E-state index in [1.54, 1.807) is 0 Å². The number of benzene rings is 1. The Kier molecular flexibility index (Phi) is 9.11. The molecule has 2 N–H and O–H groups in total. The van der Waals surface area contributed by atoms with Gasteiger partial charge in [0.15, 0.2) is 0 Å². The largest absolute Gasteiger partial charge is 1.00 e. The minimum Gasteiger partial charge on any atom is -0.480 e. The third kappa shape index (κ3) is 5.65. The molecule has 0 bridgehead atoms. The molecule has 1 aromatic carbocycles. The van der Waals surface area contributed by atoms with Crippen LogP contribution in [-0.2, 0) is 14.3 Å². The van der Waals surface area contributed by atoms with E-state index >= 15 is 0 Å². The molecule has 0 unspecified atom stereocenters. The number of rotatable bonds is 8. The van der Waals surface area contributed by atoms with Gasteiger partial charge < -0.3 is 15.2 Å². The Morgan fingerprint density at radius 3 is 2.71 bits per heavy atom. The summed E-state index contributed by atoms with van der Waals surface area (Å²) in [5.41, 5.74) is 3.34. The van der Waals surface area contributed by atoms with Crippen LogP contribution in [0.5, 0.6) is 0 Å². The van der Waals surface area contributed by atoms with Crippen LogP contribution >= 0.6 is 0 Å². The number of ether oxygens (including phenoxy) is 1. The molecule has 1 aliphatic rings. The number of unbranched alkanes of at least 4 members (excludes halogenated alkanes) is 1. The van der Waals surface area contributed by atoms with Gasteiger partial charge in [0.2, 0.25) is 0 Å². The first kappa shape index (κ1) is 20.7. The van der Waals surface area contributed by atoms with Crippen LogP contribution in [0.4, 0.5) is 5.69 Å². The molecule has 24 heavy (non-hydrogen) atoms. The zero-order chi connectivity index (χ0) is 16.7. The Labute approximate surface area is 164 Å². The van der Waals surface area contributed by atoms with Crippen LogP contribution in [-0.4, -0.2) is 30.2 Å². The van der Waals surface area contributed by atoms with Crippen molar-refractivity contribution in [1.82, 2.24) is 0 Å². The van der Waals surface area contributed by atoms with Gasteiger partial charge in [0.25, 0.3) is 0 Å². The summed E-state index contributed by atoms with van der Waals surface area (Å²) in [5, 5.41) is 11.8. The molecule has 0 amide bonds. The predicted octanol–water partition coefficient (Wildman–Crippen LogP) is 0.468. The van der Waals surface area contributed by atoms with Crippen LogP contribution < -0.4 is 34.9 Å². The van der Waals surface area contributed by atoms with Crippen molar-refractivity contribution in [2.45, 2.75) is 39.0 Å². The number of carboxylic acid groups (broad SMARTS) is 1. The molecule has 124 valence electrons. The molecular weight excluding hydrogens is 317 g/mol. The number of allylic oxidation sites excluding steroid dienone is 1. The second-order valence-corrected chi connectivity index (χ2v) is 5.59. The maximum Gasteiger partial charge on any atom is 1.00 e. The molecule has 6 heteroatoms. The van der Waals surface area contributed by atoms with Gasteiger partial charge in [-0.1, -0.05) is 31.5 Å². The summed E-state index contributed by atoms with van der Waals surface area (Å²) in [6.45, 7) is 2.35. The first-order valence-corrected chi connectivity index (χ1v) is 8.07. The minimum atomic E-state index is -0.917. The van der Waals surface area contributed by atoms with Crippen molar-refractivity contribution in [2.75, 3.05) is 18.5 Å². The van der Waals surface area contributed by atoms with Crippen LogP contribution in [0, 0.1) is 0 Å². The number of aliphatic carboxylic acids is 1. The summed E-state index contributed by atoms with van der Waals surface area (Å²) < 4.78 is 5.34. The molecule has 0 saturated carbocycles. The Bertz CT molecular complexity index is 613. The van der Waals surface area contributed by atoms with Gasteiger partial charge in [-0.05, 0) is 37.3 Å². The van der Waals surface area contributed by atoms with E-state index < -0.39 is 5.97 Å². The Balaban J connectivity index is 0.00000288. The predicted molar refractivity (Wildman–Crippen MR) is 89.2 cm³/mol. The van der Waals surface area contributed by atoms with E-state index in [4.69, 9.17) is 9.84 Å². The van der Waals surface area contributed by atoms with Gasteiger partial charge in [0, 0.05) is 16.8 Å². The fourth-order valence-corrected chi connectivity index (χ4v) is 2.73. The van der Waals surface area contributed by atoms with Gasteiger partial charge in [-0.25, -0.2) is 4.79 Å². The summed E-state index contributed by atoms with van der Waals surface area (Å²) in [6, 6.07) is 7.50. The number of carboxylic acids is 1. The zero-order valence-corrected chi connectivity index (χ0v) is 16.4. The second-order valence-electron chi connectivity index (χ2n) is 5.59. The van der Waals surface area contributed by atoms with E-state index in [9.17, 15) is 9.59 Å². The Morgan fingerprint density at radius 2 is 2.00 bits per heavy atom. The van der Waals surface area contributed by atoms with Gasteiger partial charge in [-0.15, -0.1) is 0 Å². The number of hydrogen-bond acceptors (Lipinski definition) is 4. The smallest absolute Gasteiger partial charge is 0.480 e. The van der Waals surface area contributed by atoms with E-state index in [0.717, 1.165) is 48.1 Å². The van der Waals surface area contributed by atoms with Crippen LogP contribution in [0.25, 0.3) is 5.57 Å². The molecule has 5 nitrogen and oxygen atoms in total. The standard InChI is InChI=1S/C18H23NO4.Na/c1-2-3-11-23-18(22)15-9-6-8-13(15)14-7-4-5-10-16(14)19-12-17(20)21;/h4-5,7,10,19H,2-3,6,8-9,11-12H2,1H3,(H,20,21);/q;+1. The molecule has 0 radical (unpaired) electrons. The van der Waals surface area contributed by atoms with Crippen LogP contribution in [0.1, 0.15) is 44.6 Å². The van der Waals surface area contributed by atoms with E-state index in [2.05, 4.69) is 12.2 Å². The van der Waals surface area contributed by atoms with Crippen molar-refractivity contribution in [3.63, 3.8) is 0 Å². The first-order valence-electron chi connectivity index (χ1n) is 8.07. The van der Waals surface area contributed by atoms with Crippen molar-refractivity contribution in [3.05, 3.63) is 35.4 Å². The number of nitrogens with one attached hydrogen (secondary N) is 1. The Hall–Kier alpha value is -1.30. The summed E-state index contributed by atoms with van der Waals surface area (Å²) in [6.07, 6.45) is 4.30. The molecule has 0 aromatic heterocycles. The average molecular weight is 340 g/mol. The topological polar surface area (TPSA) is 75.6 Å². The van der Waals surface area contributed by atoms with Gasteiger partial charge in [-0.3, -0.25) is 4.79 Å². The maximum atomic E-state index is 12.3. The molecule has 1 aromatic rings. The van der Waals surface area contributed by atoms with E-state index in [1.807, 2.05) is 24.3 Å². The van der Waals surface area contributed by atoms with Crippen molar-refractivity contribution in [3.8, 4) is 0 Å². The first-order chi connectivity index (χ1) is 11.1. The third-order valence-corrected chi connectivity index (χ3v) is 3.88. The molecule has 0 saturated heterocycles. The second kappa shape index (κ2) is 10.5. The zero-order valence-electron chi connectivity index (χ0n) is 14.4. The normalized spacial score (nSPS) is 13.4. The summed E-state index contributed by atoms with van der Waals surface area (Å²) in [5.74, 6) is -1.15. The van der Waals surface area contributed by atoms with Crippen LogP contribution in [0.3, 0.4) is 0 Å². The number of anilines is 1. The third-order valence-electron chi connectivity index (χ3n) is 3.88. The number of carbonyl (C=O) groups is 2. The van der Waals surface area contributed by atoms with E-state index in [1.165, 1.54) is 0 Å². The number of hydrogen-bond donors (Lipinski definition) is 2. The molecule has 1 aliphatic carbocycles. The molecule has 0 aliphatic heterocycles. The van der Waals surface area contributed by atoms with E-state index in [0.29, 0.717) is 13.0 Å². The van der Waals surface area contributed by atoms with Crippen molar-refractivity contribution in [1.29, 1.82) is 0 Å². The maximum absolute atomic E-state index is 12.3. The molecule has 0 spiro atoms. The molecule has 0 fully saturated rings. The average Bonchev–Trinajstić information content (AvgIpc) is 3.02. The number of esters is 1. The van der Waals surface area contributed by atoms with Gasteiger partial charge >= 0.3 is 41.5 Å². The fourth-order valence-electron chi connectivity index (χ4n) is 2.73.